The van der Waals surface area contributed by atoms with Crippen LogP contribution < -0.4 is 10.1 Å². The molecule has 7 heteroatoms. The van der Waals surface area contributed by atoms with Gasteiger partial charge in [-0.25, -0.2) is 0 Å². The van der Waals surface area contributed by atoms with Crippen LogP contribution in [0.15, 0.2) is 22.7 Å². The number of nitro groups is 1. The second-order valence-corrected chi connectivity index (χ2v) is 6.38. The highest BCUT2D eigenvalue weighted by atomic mass is 79.9. The molecule has 1 aromatic carbocycles. The zero-order chi connectivity index (χ0) is 15.3. The van der Waals surface area contributed by atoms with Gasteiger partial charge in [0.2, 0.25) is 0 Å². The number of aliphatic hydroxyl groups excluding tert-OH is 1. The van der Waals surface area contributed by atoms with Crippen molar-refractivity contribution in [2.75, 3.05) is 13.2 Å². The highest BCUT2D eigenvalue weighted by Gasteiger charge is 2.18. The minimum absolute atomic E-state index is 0.00838. The summed E-state index contributed by atoms with van der Waals surface area (Å²) in [4.78, 5) is 10.4. The third kappa shape index (κ3) is 5.85. The molecule has 0 amide bonds. The Balaban J connectivity index is 2.59. The monoisotopic (exact) mass is 346 g/mol. The summed E-state index contributed by atoms with van der Waals surface area (Å²) in [6, 6.07) is 4.53. The van der Waals surface area contributed by atoms with E-state index in [4.69, 9.17) is 4.74 Å². The molecule has 0 saturated heterocycles. The maximum absolute atomic E-state index is 10.9. The van der Waals surface area contributed by atoms with Crippen LogP contribution in [0, 0.1) is 10.1 Å². The summed E-state index contributed by atoms with van der Waals surface area (Å²) < 4.78 is 5.93. The van der Waals surface area contributed by atoms with Crippen molar-refractivity contribution in [1.82, 2.24) is 5.32 Å². The third-order valence-corrected chi connectivity index (χ3v) is 2.91. The maximum Gasteiger partial charge on any atom is 0.312 e. The first-order chi connectivity index (χ1) is 9.19. The molecule has 0 spiro atoms. The number of nitrogens with zero attached hydrogens (tertiary/aromatic N) is 1. The summed E-state index contributed by atoms with van der Waals surface area (Å²) in [5, 5.41) is 23.8. The van der Waals surface area contributed by atoms with Gasteiger partial charge < -0.3 is 15.2 Å². The summed E-state index contributed by atoms with van der Waals surface area (Å²) in [6.45, 7) is 6.31. The number of rotatable bonds is 6. The predicted molar refractivity (Wildman–Crippen MR) is 80.1 cm³/mol. The van der Waals surface area contributed by atoms with E-state index in [9.17, 15) is 15.2 Å². The van der Waals surface area contributed by atoms with Crippen molar-refractivity contribution in [2.45, 2.75) is 32.4 Å². The second-order valence-electron chi connectivity index (χ2n) is 5.46. The van der Waals surface area contributed by atoms with Crippen LogP contribution in [-0.2, 0) is 0 Å². The quantitative estimate of drug-likeness (QED) is 0.610. The molecule has 0 aliphatic rings. The smallest absolute Gasteiger partial charge is 0.312 e. The van der Waals surface area contributed by atoms with Crippen LogP contribution >= 0.6 is 15.9 Å². The Hall–Kier alpha value is -1.18. The van der Waals surface area contributed by atoms with Crippen LogP contribution in [0.1, 0.15) is 20.8 Å². The SMILES string of the molecule is CC(C)(C)NCC(O)COc1ccc(Br)cc1[N+](=O)[O-]. The molecule has 0 heterocycles. The Morgan fingerprint density at radius 2 is 2.15 bits per heavy atom. The lowest BCUT2D eigenvalue weighted by molar-refractivity contribution is -0.386. The molecule has 1 rings (SSSR count). The Morgan fingerprint density at radius 3 is 2.70 bits per heavy atom. The first-order valence-electron chi connectivity index (χ1n) is 6.19. The van der Waals surface area contributed by atoms with Crippen LogP contribution in [0.25, 0.3) is 0 Å². The molecule has 0 aliphatic heterocycles. The van der Waals surface area contributed by atoms with Gasteiger partial charge in [-0.3, -0.25) is 10.1 Å². The molecule has 0 fully saturated rings. The van der Waals surface area contributed by atoms with Gasteiger partial charge in [-0.2, -0.15) is 0 Å². The molecule has 6 nitrogen and oxygen atoms in total. The van der Waals surface area contributed by atoms with Gasteiger partial charge in [0.15, 0.2) is 5.75 Å². The summed E-state index contributed by atoms with van der Waals surface area (Å²) in [7, 11) is 0. The number of nitrogens with one attached hydrogen (secondary N) is 1. The molecule has 0 aromatic heterocycles. The number of hydrogen-bond donors (Lipinski definition) is 2. The molecule has 1 aromatic rings. The first-order valence-corrected chi connectivity index (χ1v) is 6.98. The molecule has 2 N–H and O–H groups in total. The standard InChI is InChI=1S/C13H19BrN2O4/c1-13(2,3)15-7-10(17)8-20-12-5-4-9(14)6-11(12)16(18)19/h4-6,10,15,17H,7-8H2,1-3H3. The highest BCUT2D eigenvalue weighted by molar-refractivity contribution is 9.10. The van der Waals surface area contributed by atoms with Gasteiger partial charge in [-0.15, -0.1) is 0 Å². The summed E-state index contributed by atoms with van der Waals surface area (Å²) in [5.41, 5.74) is -0.236. The molecular formula is C13H19BrN2O4. The van der Waals surface area contributed by atoms with E-state index in [0.717, 1.165) is 0 Å². The Morgan fingerprint density at radius 1 is 1.50 bits per heavy atom. The lowest BCUT2D eigenvalue weighted by Crippen LogP contribution is -2.42. The van der Waals surface area contributed by atoms with E-state index in [1.54, 1.807) is 6.07 Å². The van der Waals surface area contributed by atoms with Crippen molar-refractivity contribution in [3.63, 3.8) is 0 Å². The number of hydrogen-bond acceptors (Lipinski definition) is 5. The molecule has 0 saturated carbocycles. The maximum atomic E-state index is 10.9. The van der Waals surface area contributed by atoms with Crippen molar-refractivity contribution in [3.05, 3.63) is 32.8 Å². The Labute approximate surface area is 126 Å². The largest absolute Gasteiger partial charge is 0.484 e. The second kappa shape index (κ2) is 7.01. The van der Waals surface area contributed by atoms with Gasteiger partial charge in [0.05, 0.1) is 4.92 Å². The zero-order valence-corrected chi connectivity index (χ0v) is 13.3. The lowest BCUT2D eigenvalue weighted by atomic mass is 10.1. The molecule has 1 atom stereocenters. The van der Waals surface area contributed by atoms with E-state index >= 15 is 0 Å². The summed E-state index contributed by atoms with van der Waals surface area (Å²) in [6.07, 6.45) is -0.738. The first kappa shape index (κ1) is 16.9. The fourth-order valence-electron chi connectivity index (χ4n) is 1.42. The van der Waals surface area contributed by atoms with E-state index in [1.807, 2.05) is 20.8 Å². The fraction of sp³-hybridized carbons (Fsp3) is 0.538. The van der Waals surface area contributed by atoms with Crippen LogP contribution in [-0.4, -0.2) is 34.8 Å². The molecule has 1 unspecified atom stereocenters. The van der Waals surface area contributed by atoms with Crippen molar-refractivity contribution in [2.24, 2.45) is 0 Å². The van der Waals surface area contributed by atoms with Crippen molar-refractivity contribution >= 4 is 21.6 Å². The van der Waals surface area contributed by atoms with Crippen molar-refractivity contribution in [1.29, 1.82) is 0 Å². The van der Waals surface area contributed by atoms with Crippen LogP contribution in [0.2, 0.25) is 0 Å². The summed E-state index contributed by atoms with van der Waals surface area (Å²) in [5.74, 6) is 0.146. The van der Waals surface area contributed by atoms with Crippen molar-refractivity contribution < 1.29 is 14.8 Å². The van der Waals surface area contributed by atoms with E-state index in [2.05, 4.69) is 21.2 Å². The topological polar surface area (TPSA) is 84.6 Å². The molecule has 0 bridgehead atoms. The number of benzene rings is 1. The van der Waals surface area contributed by atoms with E-state index < -0.39 is 11.0 Å². The molecule has 20 heavy (non-hydrogen) atoms. The molecular weight excluding hydrogens is 328 g/mol. The van der Waals surface area contributed by atoms with Gasteiger partial charge >= 0.3 is 5.69 Å². The minimum Gasteiger partial charge on any atom is -0.484 e. The van der Waals surface area contributed by atoms with Crippen molar-refractivity contribution in [3.8, 4) is 5.75 Å². The molecule has 112 valence electrons. The predicted octanol–water partition coefficient (Wildman–Crippen LogP) is 2.49. The number of β-amino-alcohol motifs (C(OH)–C–C–N with tert-alkyl or cyclic N) is 1. The van der Waals surface area contributed by atoms with E-state index in [0.29, 0.717) is 11.0 Å². The summed E-state index contributed by atoms with van der Waals surface area (Å²) >= 11 is 3.17. The number of nitro benzene ring substituents is 1. The van der Waals surface area contributed by atoms with Gasteiger partial charge in [0.25, 0.3) is 0 Å². The van der Waals surface area contributed by atoms with Gasteiger partial charge in [-0.05, 0) is 32.9 Å². The third-order valence-electron chi connectivity index (χ3n) is 2.42. The van der Waals surface area contributed by atoms with Crippen LogP contribution in [0.3, 0.4) is 0 Å². The number of aliphatic hydroxyl groups is 1. The fourth-order valence-corrected chi connectivity index (χ4v) is 1.77. The van der Waals surface area contributed by atoms with Gasteiger partial charge in [-0.1, -0.05) is 15.9 Å². The van der Waals surface area contributed by atoms with Crippen LogP contribution in [0.5, 0.6) is 5.75 Å². The van der Waals surface area contributed by atoms with Gasteiger partial charge in [0, 0.05) is 22.6 Å². The number of ether oxygens (including phenoxy) is 1. The normalized spacial score (nSPS) is 13.1. The zero-order valence-electron chi connectivity index (χ0n) is 11.7. The average Bonchev–Trinajstić information content (AvgIpc) is 2.33. The highest BCUT2D eigenvalue weighted by Crippen LogP contribution is 2.30. The van der Waals surface area contributed by atoms with E-state index in [-0.39, 0.29) is 23.6 Å². The van der Waals surface area contributed by atoms with Crippen LogP contribution in [0.4, 0.5) is 5.69 Å². The lowest BCUT2D eigenvalue weighted by Gasteiger charge is -2.22. The Bertz CT molecular complexity index is 474. The minimum atomic E-state index is -0.738. The molecule has 0 radical (unpaired) electrons. The number of halogens is 1. The Kier molecular flexibility index (Phi) is 5.91. The molecule has 0 aliphatic carbocycles. The average molecular weight is 347 g/mol. The van der Waals surface area contributed by atoms with Gasteiger partial charge in [0.1, 0.15) is 12.7 Å². The van der Waals surface area contributed by atoms with E-state index in [1.165, 1.54) is 12.1 Å².